The highest BCUT2D eigenvalue weighted by molar-refractivity contribution is 6.24. The molecule has 3 saturated carbocycles. The summed E-state index contributed by atoms with van der Waals surface area (Å²) in [5.41, 5.74) is 0. The van der Waals surface area contributed by atoms with Crippen molar-refractivity contribution in [3.8, 4) is 0 Å². The molecule has 3 fully saturated rings. The van der Waals surface area contributed by atoms with Crippen LogP contribution in [0.1, 0.15) is 25.7 Å². The van der Waals surface area contributed by atoms with Gasteiger partial charge in [0.15, 0.2) is 0 Å². The minimum absolute atomic E-state index is 0.236. The summed E-state index contributed by atoms with van der Waals surface area (Å²) in [4.78, 5) is 0.236. The van der Waals surface area contributed by atoms with Crippen molar-refractivity contribution < 1.29 is 0 Å². The summed E-state index contributed by atoms with van der Waals surface area (Å²) in [5, 5.41) is 0. The molecule has 0 saturated heterocycles. The van der Waals surface area contributed by atoms with Crippen LogP contribution in [-0.4, -0.2) is 4.87 Å². The van der Waals surface area contributed by atoms with Crippen molar-refractivity contribution in [3.63, 3.8) is 0 Å². The van der Waals surface area contributed by atoms with Gasteiger partial charge in [0.05, 0.1) is 0 Å². The Morgan fingerprint density at radius 3 is 2.92 bits per heavy atom. The van der Waals surface area contributed by atoms with Gasteiger partial charge in [-0.1, -0.05) is 12.2 Å². The van der Waals surface area contributed by atoms with Crippen molar-refractivity contribution in [2.45, 2.75) is 30.6 Å². The normalized spacial score (nSPS) is 66.4. The largest absolute Gasteiger partial charge is 0.119 e. The topological polar surface area (TPSA) is 0 Å². The third-order valence-electron chi connectivity index (χ3n) is 5.19. The van der Waals surface area contributed by atoms with E-state index in [2.05, 4.69) is 12.2 Å². The molecule has 4 bridgehead atoms. The van der Waals surface area contributed by atoms with Crippen LogP contribution in [0.2, 0.25) is 0 Å². The van der Waals surface area contributed by atoms with Gasteiger partial charge in [0, 0.05) is 4.87 Å². The Labute approximate surface area is 84.3 Å². The molecule has 1 heteroatoms. The lowest BCUT2D eigenvalue weighted by Crippen LogP contribution is -2.34. The average molecular weight is 195 g/mol. The third kappa shape index (κ3) is 0.685. The quantitative estimate of drug-likeness (QED) is 0.316. The van der Waals surface area contributed by atoms with Gasteiger partial charge in [-0.3, -0.25) is 0 Å². The molecule has 0 nitrogen and oxygen atoms in total. The fourth-order valence-electron chi connectivity index (χ4n) is 4.93. The van der Waals surface area contributed by atoms with E-state index in [-0.39, 0.29) is 4.87 Å². The third-order valence-corrected chi connectivity index (χ3v) is 5.79. The molecule has 6 unspecified atom stereocenters. The summed E-state index contributed by atoms with van der Waals surface area (Å²) < 4.78 is 0. The number of hydrogen-bond donors (Lipinski definition) is 0. The zero-order valence-corrected chi connectivity index (χ0v) is 8.50. The maximum Gasteiger partial charge on any atom is 0.0486 e. The average Bonchev–Trinajstić information content (AvgIpc) is 2.76. The lowest BCUT2D eigenvalue weighted by atomic mass is 9.73. The number of alkyl halides is 1. The Kier molecular flexibility index (Phi) is 1.13. The maximum atomic E-state index is 6.76. The lowest BCUT2D eigenvalue weighted by molar-refractivity contribution is 0.218. The van der Waals surface area contributed by atoms with Gasteiger partial charge in [-0.2, -0.15) is 0 Å². The van der Waals surface area contributed by atoms with Crippen LogP contribution >= 0.6 is 11.6 Å². The highest BCUT2D eigenvalue weighted by atomic mass is 35.5. The number of halogens is 1. The number of rotatable bonds is 0. The van der Waals surface area contributed by atoms with Gasteiger partial charge in [-0.05, 0) is 55.3 Å². The first-order chi connectivity index (χ1) is 6.28. The van der Waals surface area contributed by atoms with Crippen molar-refractivity contribution >= 4 is 11.6 Å². The molecule has 13 heavy (non-hydrogen) atoms. The fraction of sp³-hybridized carbons (Fsp3) is 0.833. The van der Waals surface area contributed by atoms with Crippen molar-refractivity contribution in [1.29, 1.82) is 0 Å². The highest BCUT2D eigenvalue weighted by Gasteiger charge is 2.64. The summed E-state index contributed by atoms with van der Waals surface area (Å²) in [7, 11) is 0. The number of hydrogen-bond acceptors (Lipinski definition) is 0. The van der Waals surface area contributed by atoms with Crippen LogP contribution in [0.25, 0.3) is 0 Å². The van der Waals surface area contributed by atoms with Crippen molar-refractivity contribution in [3.05, 3.63) is 12.2 Å². The van der Waals surface area contributed by atoms with Crippen LogP contribution in [0.5, 0.6) is 0 Å². The highest BCUT2D eigenvalue weighted by Crippen LogP contribution is 2.69. The van der Waals surface area contributed by atoms with E-state index in [9.17, 15) is 0 Å². The van der Waals surface area contributed by atoms with E-state index in [1.807, 2.05) is 0 Å². The predicted molar refractivity (Wildman–Crippen MR) is 53.6 cm³/mol. The molecular weight excluding hydrogens is 180 g/mol. The van der Waals surface area contributed by atoms with Crippen molar-refractivity contribution in [2.75, 3.05) is 0 Å². The predicted octanol–water partition coefficient (Wildman–Crippen LogP) is 3.22. The Hall–Kier alpha value is 0.0300. The van der Waals surface area contributed by atoms with E-state index in [1.165, 1.54) is 25.7 Å². The molecule has 4 rings (SSSR count). The Morgan fingerprint density at radius 2 is 2.08 bits per heavy atom. The van der Waals surface area contributed by atoms with E-state index in [4.69, 9.17) is 11.6 Å². The Bertz CT molecular complexity index is 295. The Balaban J connectivity index is 1.85. The van der Waals surface area contributed by atoms with E-state index in [0.29, 0.717) is 0 Å². The van der Waals surface area contributed by atoms with Gasteiger partial charge in [0.1, 0.15) is 0 Å². The number of allylic oxidation sites excluding steroid dienone is 2. The van der Waals surface area contributed by atoms with Crippen LogP contribution in [0.15, 0.2) is 12.2 Å². The van der Waals surface area contributed by atoms with E-state index >= 15 is 0 Å². The smallest absolute Gasteiger partial charge is 0.0486 e. The van der Waals surface area contributed by atoms with Crippen molar-refractivity contribution in [2.24, 2.45) is 29.6 Å². The fourth-order valence-corrected chi connectivity index (χ4v) is 5.54. The molecule has 0 aromatic heterocycles. The molecular formula is C12H15Cl. The first-order valence-electron chi connectivity index (χ1n) is 5.65. The molecule has 0 aromatic rings. The van der Waals surface area contributed by atoms with E-state index < -0.39 is 0 Å². The van der Waals surface area contributed by atoms with Crippen LogP contribution in [-0.2, 0) is 0 Å². The first kappa shape index (κ1) is 7.34. The molecule has 0 radical (unpaired) electrons. The minimum Gasteiger partial charge on any atom is -0.119 e. The summed E-state index contributed by atoms with van der Waals surface area (Å²) in [5.74, 6) is 4.62. The van der Waals surface area contributed by atoms with Gasteiger partial charge in [-0.25, -0.2) is 0 Å². The molecule has 4 aliphatic rings. The molecule has 0 spiro atoms. The van der Waals surface area contributed by atoms with Crippen LogP contribution in [0.4, 0.5) is 0 Å². The van der Waals surface area contributed by atoms with E-state index in [1.54, 1.807) is 0 Å². The molecule has 0 N–H and O–H groups in total. The summed E-state index contributed by atoms with van der Waals surface area (Å²) in [6.45, 7) is 0. The molecule has 6 atom stereocenters. The zero-order valence-electron chi connectivity index (χ0n) is 7.75. The molecule has 0 amide bonds. The summed E-state index contributed by atoms with van der Waals surface area (Å²) >= 11 is 6.76. The standard InChI is InChI=1S/C12H15Cl/c13-12-4-3-9(6-12)10-7-1-2-8(5-7)11(10)12/h1-2,7-11H,3-6H2. The van der Waals surface area contributed by atoms with Crippen LogP contribution in [0.3, 0.4) is 0 Å². The second kappa shape index (κ2) is 2.00. The van der Waals surface area contributed by atoms with Crippen molar-refractivity contribution in [1.82, 2.24) is 0 Å². The second-order valence-electron chi connectivity index (χ2n) is 5.59. The van der Waals surface area contributed by atoms with Gasteiger partial charge in [-0.15, -0.1) is 11.6 Å². The molecule has 70 valence electrons. The second-order valence-corrected chi connectivity index (χ2v) is 6.34. The molecule has 0 heterocycles. The molecule has 0 aliphatic heterocycles. The number of fused-ring (bicyclic) bond motifs is 9. The van der Waals surface area contributed by atoms with Gasteiger partial charge < -0.3 is 0 Å². The SMILES string of the molecule is ClC12CCC(C1)C1C3C=CC(C3)C12. The van der Waals surface area contributed by atoms with Gasteiger partial charge in [0.25, 0.3) is 0 Å². The zero-order chi connectivity index (χ0) is 8.63. The van der Waals surface area contributed by atoms with Crippen LogP contribution < -0.4 is 0 Å². The van der Waals surface area contributed by atoms with E-state index in [0.717, 1.165) is 29.6 Å². The summed E-state index contributed by atoms with van der Waals surface area (Å²) in [6.07, 6.45) is 10.4. The lowest BCUT2D eigenvalue weighted by Gasteiger charge is -2.36. The molecule has 0 aromatic carbocycles. The van der Waals surface area contributed by atoms with Gasteiger partial charge >= 0.3 is 0 Å². The maximum absolute atomic E-state index is 6.76. The monoisotopic (exact) mass is 194 g/mol. The minimum atomic E-state index is 0.236. The summed E-state index contributed by atoms with van der Waals surface area (Å²) in [6, 6.07) is 0. The molecule has 4 aliphatic carbocycles. The van der Waals surface area contributed by atoms with Crippen LogP contribution in [0, 0.1) is 29.6 Å². The Morgan fingerprint density at radius 1 is 1.23 bits per heavy atom. The van der Waals surface area contributed by atoms with Gasteiger partial charge in [0.2, 0.25) is 0 Å². The first-order valence-corrected chi connectivity index (χ1v) is 6.03.